The summed E-state index contributed by atoms with van der Waals surface area (Å²) in [7, 11) is -1.86. The first kappa shape index (κ1) is 20.0. The predicted octanol–water partition coefficient (Wildman–Crippen LogP) is 4.83. The number of methoxy groups -OCH3 is 1. The highest BCUT2D eigenvalue weighted by Crippen LogP contribution is 2.44. The number of aromatic nitrogens is 3. The van der Waals surface area contributed by atoms with E-state index in [2.05, 4.69) is 19.7 Å². The van der Waals surface area contributed by atoms with Gasteiger partial charge in [-0.3, -0.25) is 14.7 Å². The molecule has 0 aliphatic rings. The van der Waals surface area contributed by atoms with Gasteiger partial charge in [0.15, 0.2) is 0 Å². The van der Waals surface area contributed by atoms with Crippen molar-refractivity contribution in [1.82, 2.24) is 15.0 Å². The molecule has 160 valence electrons. The molecular formula is C24H20N4O3S. The number of para-hydroxylation sites is 1. The topological polar surface area (TPSA) is 97.0 Å². The zero-order valence-electron chi connectivity index (χ0n) is 17.5. The van der Waals surface area contributed by atoms with Gasteiger partial charge in [0.25, 0.3) is 0 Å². The van der Waals surface area contributed by atoms with Gasteiger partial charge in [0.1, 0.15) is 5.75 Å². The molecule has 3 heterocycles. The Kier molecular flexibility index (Phi) is 4.79. The lowest BCUT2D eigenvalue weighted by atomic mass is 9.96. The van der Waals surface area contributed by atoms with Gasteiger partial charge in [-0.1, -0.05) is 18.2 Å². The van der Waals surface area contributed by atoms with Crippen molar-refractivity contribution in [2.45, 2.75) is 0 Å². The van der Waals surface area contributed by atoms with Crippen LogP contribution >= 0.6 is 0 Å². The highest BCUT2D eigenvalue weighted by molar-refractivity contribution is 7.92. The number of benzene rings is 2. The van der Waals surface area contributed by atoms with Gasteiger partial charge in [-0.2, -0.15) is 0 Å². The number of aromatic amines is 1. The zero-order valence-corrected chi connectivity index (χ0v) is 18.3. The standard InChI is InChI=1S/C24H20N4O3S/c1-31-22-10-9-19-23(24(22)16-7-3-4-8-18(16)28-32(2,29)30)17-12-20(26-14-21(17)27-19)15-6-5-11-25-13-15/h3-14,27-28H,1-2H3. The molecule has 5 aromatic rings. The van der Waals surface area contributed by atoms with Crippen molar-refractivity contribution in [2.75, 3.05) is 18.1 Å². The third kappa shape index (κ3) is 3.54. The fraction of sp³-hybridized carbons (Fsp3) is 0.0833. The Morgan fingerprint density at radius 2 is 1.84 bits per heavy atom. The summed E-state index contributed by atoms with van der Waals surface area (Å²) in [4.78, 5) is 12.2. The Labute approximate surface area is 185 Å². The fourth-order valence-corrected chi connectivity index (χ4v) is 4.55. The largest absolute Gasteiger partial charge is 0.496 e. The van der Waals surface area contributed by atoms with Crippen LogP contribution in [0.25, 0.3) is 44.2 Å². The molecule has 0 fully saturated rings. The van der Waals surface area contributed by atoms with Gasteiger partial charge in [0.05, 0.1) is 36.5 Å². The SMILES string of the molecule is COc1ccc2[nH]c3cnc(-c4cccnc4)cc3c2c1-c1ccccc1NS(C)(=O)=O. The van der Waals surface area contributed by atoms with E-state index in [-0.39, 0.29) is 0 Å². The lowest BCUT2D eigenvalue weighted by molar-refractivity contribution is 0.417. The van der Waals surface area contributed by atoms with Crippen LogP contribution in [0.5, 0.6) is 5.75 Å². The summed E-state index contributed by atoms with van der Waals surface area (Å²) in [5.74, 6) is 0.640. The normalized spacial score (nSPS) is 11.7. The van der Waals surface area contributed by atoms with E-state index in [9.17, 15) is 8.42 Å². The molecule has 0 atom stereocenters. The van der Waals surface area contributed by atoms with Crippen LogP contribution in [-0.4, -0.2) is 36.7 Å². The second kappa shape index (κ2) is 7.65. The summed E-state index contributed by atoms with van der Waals surface area (Å²) in [5.41, 5.74) is 5.48. The van der Waals surface area contributed by atoms with Gasteiger partial charge in [-0.05, 0) is 36.4 Å². The molecule has 2 aromatic carbocycles. The van der Waals surface area contributed by atoms with Crippen LogP contribution in [0.3, 0.4) is 0 Å². The molecule has 2 N–H and O–H groups in total. The smallest absolute Gasteiger partial charge is 0.229 e. The predicted molar refractivity (Wildman–Crippen MR) is 127 cm³/mol. The van der Waals surface area contributed by atoms with Crippen LogP contribution in [0.15, 0.2) is 73.2 Å². The van der Waals surface area contributed by atoms with Crippen LogP contribution in [0.2, 0.25) is 0 Å². The quantitative estimate of drug-likeness (QED) is 0.405. The molecule has 0 amide bonds. The summed E-state index contributed by atoms with van der Waals surface area (Å²) in [6, 6.07) is 17.0. The van der Waals surface area contributed by atoms with Crippen molar-refractivity contribution >= 4 is 37.5 Å². The van der Waals surface area contributed by atoms with E-state index in [0.717, 1.165) is 50.4 Å². The summed E-state index contributed by atoms with van der Waals surface area (Å²) < 4.78 is 32.3. The Hall–Kier alpha value is -3.91. The van der Waals surface area contributed by atoms with Crippen molar-refractivity contribution in [3.63, 3.8) is 0 Å². The molecule has 0 saturated carbocycles. The first-order valence-electron chi connectivity index (χ1n) is 9.90. The van der Waals surface area contributed by atoms with Crippen molar-refractivity contribution in [3.05, 3.63) is 73.2 Å². The third-order valence-electron chi connectivity index (χ3n) is 5.28. The average molecular weight is 445 g/mol. The number of hydrogen-bond acceptors (Lipinski definition) is 5. The average Bonchev–Trinajstić information content (AvgIpc) is 3.16. The van der Waals surface area contributed by atoms with Crippen LogP contribution in [0.4, 0.5) is 5.69 Å². The minimum atomic E-state index is -3.47. The Morgan fingerprint density at radius 1 is 1.00 bits per heavy atom. The van der Waals surface area contributed by atoms with E-state index in [4.69, 9.17) is 4.74 Å². The highest BCUT2D eigenvalue weighted by atomic mass is 32.2. The van der Waals surface area contributed by atoms with Crippen LogP contribution in [0, 0.1) is 0 Å². The molecule has 0 aliphatic heterocycles. The minimum absolute atomic E-state index is 0.483. The molecule has 8 heteroatoms. The van der Waals surface area contributed by atoms with Gasteiger partial charge < -0.3 is 9.72 Å². The van der Waals surface area contributed by atoms with E-state index in [1.807, 2.05) is 42.5 Å². The molecule has 0 saturated heterocycles. The molecule has 32 heavy (non-hydrogen) atoms. The first-order valence-corrected chi connectivity index (χ1v) is 11.8. The summed E-state index contributed by atoms with van der Waals surface area (Å²) in [5, 5.41) is 1.88. The Balaban J connectivity index is 1.85. The van der Waals surface area contributed by atoms with Crippen molar-refractivity contribution in [1.29, 1.82) is 0 Å². The third-order valence-corrected chi connectivity index (χ3v) is 5.87. The number of hydrogen-bond donors (Lipinski definition) is 2. The maximum absolute atomic E-state index is 12.0. The summed E-state index contributed by atoms with van der Waals surface area (Å²) in [6.07, 6.45) is 6.44. The molecule has 0 bridgehead atoms. The lowest BCUT2D eigenvalue weighted by Crippen LogP contribution is -2.10. The number of anilines is 1. The second-order valence-electron chi connectivity index (χ2n) is 7.47. The van der Waals surface area contributed by atoms with Crippen molar-refractivity contribution in [3.8, 4) is 28.1 Å². The maximum atomic E-state index is 12.0. The number of nitrogens with zero attached hydrogens (tertiary/aromatic N) is 2. The molecule has 0 spiro atoms. The Morgan fingerprint density at radius 3 is 2.59 bits per heavy atom. The highest BCUT2D eigenvalue weighted by Gasteiger charge is 2.19. The van der Waals surface area contributed by atoms with E-state index >= 15 is 0 Å². The number of ether oxygens (including phenoxy) is 1. The molecule has 0 aliphatic carbocycles. The second-order valence-corrected chi connectivity index (χ2v) is 9.22. The van der Waals surface area contributed by atoms with E-state index in [1.54, 1.807) is 37.8 Å². The monoisotopic (exact) mass is 444 g/mol. The van der Waals surface area contributed by atoms with E-state index in [1.165, 1.54) is 0 Å². The fourth-order valence-electron chi connectivity index (χ4n) is 3.97. The number of rotatable bonds is 5. The van der Waals surface area contributed by atoms with Crippen molar-refractivity contribution < 1.29 is 13.2 Å². The maximum Gasteiger partial charge on any atom is 0.229 e. The van der Waals surface area contributed by atoms with Gasteiger partial charge >= 0.3 is 0 Å². The molecule has 3 aromatic heterocycles. The van der Waals surface area contributed by atoms with Gasteiger partial charge in [-0.25, -0.2) is 8.42 Å². The number of H-pyrrole nitrogens is 1. The molecule has 0 unspecified atom stereocenters. The number of pyridine rings is 2. The van der Waals surface area contributed by atoms with E-state index in [0.29, 0.717) is 11.4 Å². The summed E-state index contributed by atoms with van der Waals surface area (Å²) in [6.45, 7) is 0. The molecular weight excluding hydrogens is 424 g/mol. The van der Waals surface area contributed by atoms with Gasteiger partial charge in [-0.15, -0.1) is 0 Å². The van der Waals surface area contributed by atoms with Crippen molar-refractivity contribution in [2.24, 2.45) is 0 Å². The Bertz CT molecular complexity index is 1560. The number of sulfonamides is 1. The van der Waals surface area contributed by atoms with Gasteiger partial charge in [0, 0.05) is 45.4 Å². The molecule has 7 nitrogen and oxygen atoms in total. The first-order chi connectivity index (χ1) is 15.4. The lowest BCUT2D eigenvalue weighted by Gasteiger charge is -2.15. The number of nitrogens with one attached hydrogen (secondary N) is 2. The van der Waals surface area contributed by atoms with Crippen LogP contribution in [-0.2, 0) is 10.0 Å². The minimum Gasteiger partial charge on any atom is -0.496 e. The van der Waals surface area contributed by atoms with Crippen LogP contribution in [0.1, 0.15) is 0 Å². The van der Waals surface area contributed by atoms with E-state index < -0.39 is 10.0 Å². The zero-order chi connectivity index (χ0) is 22.3. The molecule has 5 rings (SSSR count). The van der Waals surface area contributed by atoms with Crippen LogP contribution < -0.4 is 9.46 Å². The summed E-state index contributed by atoms with van der Waals surface area (Å²) >= 11 is 0. The van der Waals surface area contributed by atoms with Gasteiger partial charge in [0.2, 0.25) is 10.0 Å². The molecule has 0 radical (unpaired) electrons. The number of fused-ring (bicyclic) bond motifs is 3.